The zero-order valence-corrected chi connectivity index (χ0v) is 11.9. The van der Waals surface area contributed by atoms with E-state index in [-0.39, 0.29) is 0 Å². The second kappa shape index (κ2) is 6.75. The number of hydrogen-bond acceptors (Lipinski definition) is 4. The van der Waals surface area contributed by atoms with Crippen LogP contribution in [0.4, 0.5) is 5.69 Å². The van der Waals surface area contributed by atoms with Crippen molar-refractivity contribution in [2.24, 2.45) is 11.8 Å². The van der Waals surface area contributed by atoms with E-state index in [9.17, 15) is 5.11 Å². The Bertz CT molecular complexity index is 409. The van der Waals surface area contributed by atoms with Crippen molar-refractivity contribution in [2.45, 2.75) is 32.6 Å². The number of anilines is 1. The number of nitrogens with one attached hydrogen (secondary N) is 1. The molecule has 0 bridgehead atoms. The van der Waals surface area contributed by atoms with E-state index in [2.05, 4.69) is 10.3 Å². The first-order valence-corrected chi connectivity index (χ1v) is 7.10. The number of aromatic nitrogens is 1. The van der Waals surface area contributed by atoms with Gasteiger partial charge in [0, 0.05) is 18.8 Å². The lowest BCUT2D eigenvalue weighted by Crippen LogP contribution is -2.28. The third-order valence-corrected chi connectivity index (χ3v) is 4.08. The highest BCUT2D eigenvalue weighted by atomic mass is 16.5. The van der Waals surface area contributed by atoms with Gasteiger partial charge < -0.3 is 15.2 Å². The predicted octanol–water partition coefficient (Wildman–Crippen LogP) is 2.61. The van der Waals surface area contributed by atoms with Crippen LogP contribution in [0.3, 0.4) is 0 Å². The monoisotopic (exact) mass is 264 g/mol. The quantitative estimate of drug-likeness (QED) is 0.858. The van der Waals surface area contributed by atoms with Crippen LogP contribution >= 0.6 is 0 Å². The van der Waals surface area contributed by atoms with Crippen LogP contribution in [0.5, 0.6) is 5.75 Å². The van der Waals surface area contributed by atoms with Gasteiger partial charge in [-0.15, -0.1) is 0 Å². The minimum Gasteiger partial charge on any atom is -0.493 e. The van der Waals surface area contributed by atoms with Crippen molar-refractivity contribution >= 4 is 5.69 Å². The van der Waals surface area contributed by atoms with Crippen LogP contribution in [-0.4, -0.2) is 30.4 Å². The molecule has 2 N–H and O–H groups in total. The third-order valence-electron chi connectivity index (χ3n) is 4.08. The molecule has 1 fully saturated rings. The number of pyridine rings is 1. The van der Waals surface area contributed by atoms with E-state index in [1.54, 1.807) is 13.3 Å². The molecule has 106 valence electrons. The lowest BCUT2D eigenvalue weighted by Gasteiger charge is -2.30. The number of rotatable bonds is 5. The first-order valence-electron chi connectivity index (χ1n) is 7.10. The second-order valence-electron chi connectivity index (χ2n) is 5.39. The molecule has 2 atom stereocenters. The zero-order valence-electron chi connectivity index (χ0n) is 11.9. The van der Waals surface area contributed by atoms with Gasteiger partial charge in [0.05, 0.1) is 19.0 Å². The molecule has 19 heavy (non-hydrogen) atoms. The van der Waals surface area contributed by atoms with E-state index in [1.807, 2.05) is 13.0 Å². The van der Waals surface area contributed by atoms with Gasteiger partial charge in [-0.3, -0.25) is 4.98 Å². The molecule has 1 aliphatic carbocycles. The van der Waals surface area contributed by atoms with Crippen molar-refractivity contribution in [3.63, 3.8) is 0 Å². The molecule has 2 unspecified atom stereocenters. The molecule has 1 aromatic heterocycles. The van der Waals surface area contributed by atoms with Crippen LogP contribution in [0.25, 0.3) is 0 Å². The van der Waals surface area contributed by atoms with Crippen molar-refractivity contribution in [1.29, 1.82) is 0 Å². The van der Waals surface area contributed by atoms with Gasteiger partial charge in [-0.05, 0) is 37.7 Å². The van der Waals surface area contributed by atoms with Crippen molar-refractivity contribution < 1.29 is 9.84 Å². The van der Waals surface area contributed by atoms with Gasteiger partial charge in [-0.1, -0.05) is 12.8 Å². The molecule has 1 heterocycles. The highest BCUT2D eigenvalue weighted by Crippen LogP contribution is 2.31. The fraction of sp³-hybridized carbons (Fsp3) is 0.667. The van der Waals surface area contributed by atoms with Gasteiger partial charge >= 0.3 is 0 Å². The Morgan fingerprint density at radius 3 is 2.79 bits per heavy atom. The van der Waals surface area contributed by atoms with Crippen LogP contribution in [0, 0.1) is 18.8 Å². The number of ether oxygens (including phenoxy) is 1. The SMILES string of the molecule is COc1cnc(C)cc1NCC1CCCCC1CO. The van der Waals surface area contributed by atoms with E-state index in [4.69, 9.17) is 4.74 Å². The summed E-state index contributed by atoms with van der Waals surface area (Å²) in [5.74, 6) is 1.77. The molecule has 1 saturated carbocycles. The molecular formula is C15H24N2O2. The number of aryl methyl sites for hydroxylation is 1. The molecule has 0 saturated heterocycles. The minimum absolute atomic E-state index is 0.304. The van der Waals surface area contributed by atoms with E-state index in [1.165, 1.54) is 19.3 Å². The normalized spacial score (nSPS) is 23.1. The maximum atomic E-state index is 9.44. The van der Waals surface area contributed by atoms with Crippen LogP contribution in [0.1, 0.15) is 31.4 Å². The summed E-state index contributed by atoms with van der Waals surface area (Å²) >= 11 is 0. The Balaban J connectivity index is 1.99. The number of aliphatic hydroxyl groups excluding tert-OH is 1. The maximum Gasteiger partial charge on any atom is 0.160 e. The fourth-order valence-corrected chi connectivity index (χ4v) is 2.88. The molecule has 1 aliphatic rings. The van der Waals surface area contributed by atoms with Gasteiger partial charge in [-0.25, -0.2) is 0 Å². The van der Waals surface area contributed by atoms with Crippen molar-refractivity contribution in [1.82, 2.24) is 4.98 Å². The van der Waals surface area contributed by atoms with Crippen molar-refractivity contribution in [2.75, 3.05) is 25.6 Å². The van der Waals surface area contributed by atoms with E-state index in [0.29, 0.717) is 18.4 Å². The molecule has 0 amide bonds. The Morgan fingerprint density at radius 2 is 2.11 bits per heavy atom. The third kappa shape index (κ3) is 3.60. The summed E-state index contributed by atoms with van der Waals surface area (Å²) in [6.07, 6.45) is 6.62. The number of methoxy groups -OCH3 is 1. The summed E-state index contributed by atoms with van der Waals surface area (Å²) in [7, 11) is 1.66. The molecule has 0 aromatic carbocycles. The Hall–Kier alpha value is -1.29. The van der Waals surface area contributed by atoms with Crippen molar-refractivity contribution in [3.05, 3.63) is 18.0 Å². The number of nitrogens with zero attached hydrogens (tertiary/aromatic N) is 1. The molecule has 0 radical (unpaired) electrons. The topological polar surface area (TPSA) is 54.4 Å². The first kappa shape index (κ1) is 14.1. The average molecular weight is 264 g/mol. The highest BCUT2D eigenvalue weighted by molar-refractivity contribution is 5.55. The van der Waals surface area contributed by atoms with Gasteiger partial charge in [0.1, 0.15) is 0 Å². The summed E-state index contributed by atoms with van der Waals surface area (Å²) in [4.78, 5) is 4.23. The van der Waals surface area contributed by atoms with Gasteiger partial charge in [0.25, 0.3) is 0 Å². The first-order chi connectivity index (χ1) is 9.24. The van der Waals surface area contributed by atoms with Crippen LogP contribution in [0.2, 0.25) is 0 Å². The summed E-state index contributed by atoms with van der Waals surface area (Å²) in [5.41, 5.74) is 1.97. The molecular weight excluding hydrogens is 240 g/mol. The number of aliphatic hydroxyl groups is 1. The zero-order chi connectivity index (χ0) is 13.7. The van der Waals surface area contributed by atoms with E-state index < -0.39 is 0 Å². The predicted molar refractivity (Wildman–Crippen MR) is 76.5 cm³/mol. The average Bonchev–Trinajstić information content (AvgIpc) is 2.45. The molecule has 4 nitrogen and oxygen atoms in total. The van der Waals surface area contributed by atoms with Crippen LogP contribution in [-0.2, 0) is 0 Å². The van der Waals surface area contributed by atoms with Gasteiger partial charge in [0.15, 0.2) is 5.75 Å². The minimum atomic E-state index is 0.304. The highest BCUT2D eigenvalue weighted by Gasteiger charge is 2.24. The van der Waals surface area contributed by atoms with Crippen LogP contribution < -0.4 is 10.1 Å². The molecule has 0 spiro atoms. The van der Waals surface area contributed by atoms with Gasteiger partial charge in [-0.2, -0.15) is 0 Å². The second-order valence-corrected chi connectivity index (χ2v) is 5.39. The summed E-state index contributed by atoms with van der Waals surface area (Å²) in [6.45, 7) is 3.17. The Morgan fingerprint density at radius 1 is 1.37 bits per heavy atom. The lowest BCUT2D eigenvalue weighted by atomic mass is 9.79. The Labute approximate surface area is 115 Å². The van der Waals surface area contributed by atoms with Crippen LogP contribution in [0.15, 0.2) is 12.3 Å². The Kier molecular flexibility index (Phi) is 5.02. The van der Waals surface area contributed by atoms with Gasteiger partial charge in [0.2, 0.25) is 0 Å². The maximum absolute atomic E-state index is 9.44. The molecule has 4 heteroatoms. The summed E-state index contributed by atoms with van der Waals surface area (Å²) in [6, 6.07) is 2.01. The van der Waals surface area contributed by atoms with E-state index >= 15 is 0 Å². The van der Waals surface area contributed by atoms with E-state index in [0.717, 1.165) is 30.1 Å². The molecule has 1 aromatic rings. The smallest absolute Gasteiger partial charge is 0.160 e. The lowest BCUT2D eigenvalue weighted by molar-refractivity contribution is 0.141. The number of hydrogen-bond donors (Lipinski definition) is 2. The standard InChI is InChI=1S/C15H24N2O2/c1-11-7-14(15(19-2)9-16-11)17-8-12-5-3-4-6-13(12)10-18/h7,9,12-13,18H,3-6,8,10H2,1-2H3,(H,16,17). The largest absolute Gasteiger partial charge is 0.493 e. The van der Waals surface area contributed by atoms with Crippen molar-refractivity contribution in [3.8, 4) is 5.75 Å². The summed E-state index contributed by atoms with van der Waals surface area (Å²) < 4.78 is 5.32. The fourth-order valence-electron chi connectivity index (χ4n) is 2.88. The molecule has 0 aliphatic heterocycles. The molecule has 2 rings (SSSR count). The summed E-state index contributed by atoms with van der Waals surface area (Å²) in [5, 5.41) is 12.9.